The number of aromatic nitrogens is 3. The zero-order chi connectivity index (χ0) is 14.7. The van der Waals surface area contributed by atoms with Crippen LogP contribution in [0.3, 0.4) is 0 Å². The fourth-order valence-electron chi connectivity index (χ4n) is 2.34. The van der Waals surface area contributed by atoms with Crippen LogP contribution >= 0.6 is 0 Å². The van der Waals surface area contributed by atoms with Gasteiger partial charge in [0.1, 0.15) is 17.1 Å². The SMILES string of the molecule is COCCn1c(-c2cccc(OC)c2)nc2cccnc21. The summed E-state index contributed by atoms with van der Waals surface area (Å²) in [5.74, 6) is 1.69. The van der Waals surface area contributed by atoms with Gasteiger partial charge in [-0.25, -0.2) is 9.97 Å². The van der Waals surface area contributed by atoms with Crippen LogP contribution < -0.4 is 4.74 Å². The zero-order valence-corrected chi connectivity index (χ0v) is 12.1. The predicted molar refractivity (Wildman–Crippen MR) is 81.4 cm³/mol. The molecule has 5 heteroatoms. The minimum atomic E-state index is 0.610. The van der Waals surface area contributed by atoms with Crippen LogP contribution in [-0.4, -0.2) is 35.4 Å². The van der Waals surface area contributed by atoms with E-state index in [0.29, 0.717) is 13.2 Å². The molecule has 0 N–H and O–H groups in total. The highest BCUT2D eigenvalue weighted by atomic mass is 16.5. The largest absolute Gasteiger partial charge is 0.497 e. The van der Waals surface area contributed by atoms with Gasteiger partial charge in [0.2, 0.25) is 0 Å². The molecule has 21 heavy (non-hydrogen) atoms. The number of imidazole rings is 1. The summed E-state index contributed by atoms with van der Waals surface area (Å²) < 4.78 is 12.6. The van der Waals surface area contributed by atoms with Crippen molar-refractivity contribution in [3.8, 4) is 17.1 Å². The molecule has 0 spiro atoms. The number of benzene rings is 1. The average molecular weight is 283 g/mol. The van der Waals surface area contributed by atoms with Crippen LogP contribution in [-0.2, 0) is 11.3 Å². The molecular formula is C16H17N3O2. The van der Waals surface area contributed by atoms with Gasteiger partial charge in [0.15, 0.2) is 5.65 Å². The van der Waals surface area contributed by atoms with Crippen molar-refractivity contribution >= 4 is 11.2 Å². The minimum absolute atomic E-state index is 0.610. The molecule has 0 unspecified atom stereocenters. The van der Waals surface area contributed by atoms with Gasteiger partial charge >= 0.3 is 0 Å². The Balaban J connectivity index is 2.15. The minimum Gasteiger partial charge on any atom is -0.497 e. The molecule has 0 amide bonds. The van der Waals surface area contributed by atoms with Crippen molar-refractivity contribution in [2.75, 3.05) is 20.8 Å². The first kappa shape index (κ1) is 13.6. The Hall–Kier alpha value is -2.40. The van der Waals surface area contributed by atoms with Crippen LogP contribution in [0.25, 0.3) is 22.6 Å². The number of rotatable bonds is 5. The Morgan fingerprint density at radius 1 is 1.14 bits per heavy atom. The number of nitrogens with zero attached hydrogens (tertiary/aromatic N) is 3. The lowest BCUT2D eigenvalue weighted by atomic mass is 10.2. The fourth-order valence-corrected chi connectivity index (χ4v) is 2.34. The summed E-state index contributed by atoms with van der Waals surface area (Å²) in [6.45, 7) is 1.32. The molecule has 5 nitrogen and oxygen atoms in total. The van der Waals surface area contributed by atoms with E-state index in [1.807, 2.05) is 36.4 Å². The van der Waals surface area contributed by atoms with E-state index in [1.165, 1.54) is 0 Å². The summed E-state index contributed by atoms with van der Waals surface area (Å²) in [6.07, 6.45) is 1.78. The highest BCUT2D eigenvalue weighted by molar-refractivity contribution is 5.77. The second-order valence-corrected chi connectivity index (χ2v) is 4.66. The number of hydrogen-bond acceptors (Lipinski definition) is 4. The van der Waals surface area contributed by atoms with E-state index < -0.39 is 0 Å². The summed E-state index contributed by atoms with van der Waals surface area (Å²) in [5, 5.41) is 0. The maximum atomic E-state index is 5.29. The van der Waals surface area contributed by atoms with Gasteiger partial charge in [-0.3, -0.25) is 0 Å². The maximum absolute atomic E-state index is 5.29. The van der Waals surface area contributed by atoms with E-state index in [4.69, 9.17) is 14.5 Å². The third kappa shape index (κ3) is 2.60. The molecule has 2 aromatic heterocycles. The number of methoxy groups -OCH3 is 2. The van der Waals surface area contributed by atoms with Crippen molar-refractivity contribution in [3.05, 3.63) is 42.6 Å². The van der Waals surface area contributed by atoms with E-state index >= 15 is 0 Å². The normalized spacial score (nSPS) is 11.0. The topological polar surface area (TPSA) is 49.2 Å². The van der Waals surface area contributed by atoms with Gasteiger partial charge in [0, 0.05) is 25.4 Å². The van der Waals surface area contributed by atoms with Crippen LogP contribution in [0.15, 0.2) is 42.6 Å². The Labute approximate surface area is 123 Å². The van der Waals surface area contributed by atoms with E-state index in [0.717, 1.165) is 28.3 Å². The molecule has 3 rings (SSSR count). The van der Waals surface area contributed by atoms with Crippen molar-refractivity contribution in [2.45, 2.75) is 6.54 Å². The van der Waals surface area contributed by atoms with Crippen molar-refractivity contribution in [3.63, 3.8) is 0 Å². The Bertz CT molecular complexity index is 752. The molecule has 0 bridgehead atoms. The number of fused-ring (bicyclic) bond motifs is 1. The molecule has 3 aromatic rings. The fraction of sp³-hybridized carbons (Fsp3) is 0.250. The van der Waals surface area contributed by atoms with Crippen LogP contribution in [0.5, 0.6) is 5.75 Å². The Morgan fingerprint density at radius 3 is 2.86 bits per heavy atom. The highest BCUT2D eigenvalue weighted by Gasteiger charge is 2.13. The molecule has 0 aliphatic rings. The van der Waals surface area contributed by atoms with E-state index in [9.17, 15) is 0 Å². The lowest BCUT2D eigenvalue weighted by Crippen LogP contribution is -2.06. The quantitative estimate of drug-likeness (QED) is 0.722. The zero-order valence-electron chi connectivity index (χ0n) is 12.1. The summed E-state index contributed by atoms with van der Waals surface area (Å²) in [4.78, 5) is 9.14. The Kier molecular flexibility index (Phi) is 3.83. The second-order valence-electron chi connectivity index (χ2n) is 4.66. The van der Waals surface area contributed by atoms with Crippen molar-refractivity contribution in [2.24, 2.45) is 0 Å². The number of hydrogen-bond donors (Lipinski definition) is 0. The van der Waals surface area contributed by atoms with Gasteiger partial charge in [-0.1, -0.05) is 12.1 Å². The first-order chi connectivity index (χ1) is 10.3. The molecule has 0 saturated heterocycles. The lowest BCUT2D eigenvalue weighted by Gasteiger charge is -2.09. The first-order valence-electron chi connectivity index (χ1n) is 6.78. The van der Waals surface area contributed by atoms with Crippen LogP contribution in [0.2, 0.25) is 0 Å². The van der Waals surface area contributed by atoms with Crippen molar-refractivity contribution in [1.82, 2.24) is 14.5 Å². The summed E-state index contributed by atoms with van der Waals surface area (Å²) in [6, 6.07) is 11.7. The second kappa shape index (κ2) is 5.93. The molecule has 0 fully saturated rings. The monoisotopic (exact) mass is 283 g/mol. The lowest BCUT2D eigenvalue weighted by molar-refractivity contribution is 0.188. The van der Waals surface area contributed by atoms with Gasteiger partial charge in [-0.2, -0.15) is 0 Å². The smallest absolute Gasteiger partial charge is 0.160 e. The molecule has 0 saturated carbocycles. The summed E-state index contributed by atoms with van der Waals surface area (Å²) in [5.41, 5.74) is 2.75. The molecule has 0 radical (unpaired) electrons. The van der Waals surface area contributed by atoms with Crippen molar-refractivity contribution in [1.29, 1.82) is 0 Å². The van der Waals surface area contributed by atoms with Crippen LogP contribution in [0.4, 0.5) is 0 Å². The van der Waals surface area contributed by atoms with E-state index in [1.54, 1.807) is 20.4 Å². The average Bonchev–Trinajstić information content (AvgIpc) is 2.91. The molecule has 2 heterocycles. The van der Waals surface area contributed by atoms with Crippen LogP contribution in [0, 0.1) is 0 Å². The highest BCUT2D eigenvalue weighted by Crippen LogP contribution is 2.26. The summed E-state index contributed by atoms with van der Waals surface area (Å²) in [7, 11) is 3.35. The first-order valence-corrected chi connectivity index (χ1v) is 6.78. The molecule has 0 atom stereocenters. The van der Waals surface area contributed by atoms with E-state index in [2.05, 4.69) is 9.55 Å². The van der Waals surface area contributed by atoms with Gasteiger partial charge < -0.3 is 14.0 Å². The van der Waals surface area contributed by atoms with Gasteiger partial charge in [0.05, 0.1) is 13.7 Å². The molecule has 0 aliphatic carbocycles. The number of ether oxygens (including phenoxy) is 2. The van der Waals surface area contributed by atoms with Gasteiger partial charge in [0.25, 0.3) is 0 Å². The summed E-state index contributed by atoms with van der Waals surface area (Å²) >= 11 is 0. The molecule has 108 valence electrons. The molecule has 1 aromatic carbocycles. The third-order valence-corrected chi connectivity index (χ3v) is 3.35. The molecular weight excluding hydrogens is 266 g/mol. The standard InChI is InChI=1S/C16H17N3O2/c1-20-10-9-19-15(12-5-3-6-13(11-12)21-2)18-14-7-4-8-17-16(14)19/h3-8,11H,9-10H2,1-2H3. The predicted octanol–water partition coefficient (Wildman–Crippen LogP) is 2.75. The van der Waals surface area contributed by atoms with Gasteiger partial charge in [-0.15, -0.1) is 0 Å². The molecule has 0 aliphatic heterocycles. The van der Waals surface area contributed by atoms with Crippen molar-refractivity contribution < 1.29 is 9.47 Å². The van der Waals surface area contributed by atoms with Crippen LogP contribution in [0.1, 0.15) is 0 Å². The number of pyridine rings is 1. The third-order valence-electron chi connectivity index (χ3n) is 3.35. The van der Waals surface area contributed by atoms with Gasteiger partial charge in [-0.05, 0) is 24.3 Å². The van der Waals surface area contributed by atoms with E-state index in [-0.39, 0.29) is 0 Å². The Morgan fingerprint density at radius 2 is 2.05 bits per heavy atom. The maximum Gasteiger partial charge on any atom is 0.160 e.